The Morgan fingerprint density at radius 2 is 1.18 bits per heavy atom. The van der Waals surface area contributed by atoms with Crippen LogP contribution in [0.2, 0.25) is 0 Å². The van der Waals surface area contributed by atoms with Gasteiger partial charge in [-0.2, -0.15) is 0 Å². The molecule has 39 heavy (non-hydrogen) atoms. The van der Waals surface area contributed by atoms with Gasteiger partial charge in [0.2, 0.25) is 5.75 Å². The largest absolute Gasteiger partial charge is 0.493 e. The molecule has 5 aromatic rings. The van der Waals surface area contributed by atoms with E-state index in [0.29, 0.717) is 53.0 Å². The molecule has 0 aliphatic rings. The molecule has 5 rings (SSSR count). The van der Waals surface area contributed by atoms with Crippen LogP contribution in [0.15, 0.2) is 97.2 Å². The van der Waals surface area contributed by atoms with E-state index in [2.05, 4.69) is 0 Å². The van der Waals surface area contributed by atoms with E-state index in [4.69, 9.17) is 23.7 Å². The molecule has 0 saturated heterocycles. The molecule has 1 heterocycles. The third-order valence-corrected chi connectivity index (χ3v) is 6.36. The standard InChI is InChI=1S/C32H29NO6/c1-35-29-17-25(18-30(36-2)31(29)37-3)32(34)33-15-14-24-16-27(38-20-22-10-6-4-7-11-22)28(19-26(24)33)39-21-23-12-8-5-9-13-23/h4-19H,20-21H2,1-3H3. The summed E-state index contributed by atoms with van der Waals surface area (Å²) in [5, 5.41) is 0.839. The summed E-state index contributed by atoms with van der Waals surface area (Å²) in [6.45, 7) is 0.745. The Morgan fingerprint density at radius 3 is 1.69 bits per heavy atom. The van der Waals surface area contributed by atoms with Crippen molar-refractivity contribution in [3.8, 4) is 28.7 Å². The number of methoxy groups -OCH3 is 3. The second-order valence-corrected chi connectivity index (χ2v) is 8.81. The molecule has 0 spiro atoms. The molecular formula is C32H29NO6. The molecule has 0 radical (unpaired) electrons. The number of ether oxygens (including phenoxy) is 5. The zero-order valence-corrected chi connectivity index (χ0v) is 22.0. The molecule has 7 heteroatoms. The molecule has 0 aliphatic heterocycles. The number of benzene rings is 4. The topological polar surface area (TPSA) is 68.2 Å². The van der Waals surface area contributed by atoms with Crippen molar-refractivity contribution < 1.29 is 28.5 Å². The van der Waals surface area contributed by atoms with Crippen LogP contribution in [0, 0.1) is 0 Å². The average Bonchev–Trinajstić information content (AvgIpc) is 3.41. The Kier molecular flexibility index (Phi) is 7.68. The molecule has 0 fully saturated rings. The number of rotatable bonds is 10. The number of hydrogen-bond donors (Lipinski definition) is 0. The summed E-state index contributed by atoms with van der Waals surface area (Å²) in [4.78, 5) is 13.7. The van der Waals surface area contributed by atoms with Crippen molar-refractivity contribution in [3.05, 3.63) is 114 Å². The molecule has 0 unspecified atom stereocenters. The predicted molar refractivity (Wildman–Crippen MR) is 149 cm³/mol. The van der Waals surface area contributed by atoms with E-state index < -0.39 is 0 Å². The minimum atomic E-state index is -0.254. The van der Waals surface area contributed by atoms with E-state index in [0.717, 1.165) is 16.5 Å². The summed E-state index contributed by atoms with van der Waals surface area (Å²) >= 11 is 0. The predicted octanol–water partition coefficient (Wildman–Crippen LogP) is 6.51. The Labute approximate surface area is 227 Å². The van der Waals surface area contributed by atoms with Gasteiger partial charge in [-0.25, -0.2) is 0 Å². The van der Waals surface area contributed by atoms with Crippen LogP contribution in [0.4, 0.5) is 0 Å². The maximum Gasteiger partial charge on any atom is 0.262 e. The molecule has 0 saturated carbocycles. The maximum absolute atomic E-state index is 13.7. The van der Waals surface area contributed by atoms with Gasteiger partial charge < -0.3 is 23.7 Å². The van der Waals surface area contributed by atoms with Gasteiger partial charge in [0.1, 0.15) is 13.2 Å². The quantitative estimate of drug-likeness (QED) is 0.208. The fourth-order valence-corrected chi connectivity index (χ4v) is 4.36. The highest BCUT2D eigenvalue weighted by atomic mass is 16.5. The maximum atomic E-state index is 13.7. The first-order valence-electron chi connectivity index (χ1n) is 12.4. The third-order valence-electron chi connectivity index (χ3n) is 6.36. The second kappa shape index (κ2) is 11.6. The van der Waals surface area contributed by atoms with Gasteiger partial charge in [-0.3, -0.25) is 9.36 Å². The van der Waals surface area contributed by atoms with Gasteiger partial charge >= 0.3 is 0 Å². The minimum Gasteiger partial charge on any atom is -0.493 e. The summed E-state index contributed by atoms with van der Waals surface area (Å²) in [5.74, 6) is 2.11. The van der Waals surface area contributed by atoms with Crippen LogP contribution in [0.5, 0.6) is 28.7 Å². The zero-order chi connectivity index (χ0) is 27.2. The van der Waals surface area contributed by atoms with E-state index in [1.54, 1.807) is 22.9 Å². The zero-order valence-electron chi connectivity index (χ0n) is 22.0. The van der Waals surface area contributed by atoms with Crippen molar-refractivity contribution in [2.75, 3.05) is 21.3 Å². The molecule has 0 atom stereocenters. The van der Waals surface area contributed by atoms with E-state index in [9.17, 15) is 4.79 Å². The summed E-state index contributed by atoms with van der Waals surface area (Å²) in [6, 6.07) is 28.7. The summed E-state index contributed by atoms with van der Waals surface area (Å²) in [6.07, 6.45) is 1.73. The summed E-state index contributed by atoms with van der Waals surface area (Å²) < 4.78 is 30.3. The number of nitrogens with zero attached hydrogens (tertiary/aromatic N) is 1. The Hall–Kier alpha value is -4.91. The highest BCUT2D eigenvalue weighted by Crippen LogP contribution is 2.39. The van der Waals surface area contributed by atoms with Gasteiger partial charge in [0.25, 0.3) is 5.91 Å². The van der Waals surface area contributed by atoms with Crippen molar-refractivity contribution in [1.29, 1.82) is 0 Å². The molecule has 0 amide bonds. The minimum absolute atomic E-state index is 0.254. The van der Waals surface area contributed by atoms with Gasteiger partial charge in [0, 0.05) is 23.2 Å². The third kappa shape index (κ3) is 5.52. The van der Waals surface area contributed by atoms with Crippen molar-refractivity contribution in [3.63, 3.8) is 0 Å². The van der Waals surface area contributed by atoms with Crippen molar-refractivity contribution in [1.82, 2.24) is 4.57 Å². The van der Waals surface area contributed by atoms with E-state index in [-0.39, 0.29) is 5.91 Å². The fraction of sp³-hybridized carbons (Fsp3) is 0.156. The van der Waals surface area contributed by atoms with Gasteiger partial charge in [0.05, 0.1) is 26.8 Å². The lowest BCUT2D eigenvalue weighted by molar-refractivity contribution is 0.0964. The lowest BCUT2D eigenvalue weighted by Gasteiger charge is -2.15. The molecule has 0 N–H and O–H groups in total. The lowest BCUT2D eigenvalue weighted by Crippen LogP contribution is -2.12. The number of hydrogen-bond acceptors (Lipinski definition) is 6. The fourth-order valence-electron chi connectivity index (χ4n) is 4.36. The first kappa shape index (κ1) is 25.7. The molecule has 1 aromatic heterocycles. The highest BCUT2D eigenvalue weighted by Gasteiger charge is 2.20. The molecule has 7 nitrogen and oxygen atoms in total. The Morgan fingerprint density at radius 1 is 0.641 bits per heavy atom. The molecule has 4 aromatic carbocycles. The lowest BCUT2D eigenvalue weighted by atomic mass is 10.1. The molecular weight excluding hydrogens is 494 g/mol. The Balaban J connectivity index is 1.52. The van der Waals surface area contributed by atoms with Crippen molar-refractivity contribution in [2.24, 2.45) is 0 Å². The highest BCUT2D eigenvalue weighted by molar-refractivity contribution is 6.03. The van der Waals surface area contributed by atoms with Crippen LogP contribution < -0.4 is 23.7 Å². The average molecular weight is 524 g/mol. The molecule has 0 bridgehead atoms. The summed E-state index contributed by atoms with van der Waals surface area (Å²) in [5.41, 5.74) is 3.14. The Bertz CT molecular complexity index is 1550. The van der Waals surface area contributed by atoms with Gasteiger partial charge in [-0.05, 0) is 35.4 Å². The van der Waals surface area contributed by atoms with E-state index in [1.165, 1.54) is 21.3 Å². The van der Waals surface area contributed by atoms with Gasteiger partial charge in [-0.1, -0.05) is 60.7 Å². The number of carbonyl (C=O) groups is 1. The van der Waals surface area contributed by atoms with Crippen molar-refractivity contribution >= 4 is 16.8 Å². The van der Waals surface area contributed by atoms with Crippen molar-refractivity contribution in [2.45, 2.75) is 13.2 Å². The van der Waals surface area contributed by atoms with Crippen LogP contribution in [-0.4, -0.2) is 31.8 Å². The van der Waals surface area contributed by atoms with Crippen LogP contribution in [-0.2, 0) is 13.2 Å². The van der Waals surface area contributed by atoms with Gasteiger partial charge in [-0.15, -0.1) is 0 Å². The number of aromatic nitrogens is 1. The molecule has 198 valence electrons. The first-order valence-corrected chi connectivity index (χ1v) is 12.4. The SMILES string of the molecule is COc1cc(C(=O)n2ccc3cc(OCc4ccccc4)c(OCc4ccccc4)cc32)cc(OC)c1OC. The van der Waals surface area contributed by atoms with Crippen LogP contribution in [0.3, 0.4) is 0 Å². The smallest absolute Gasteiger partial charge is 0.262 e. The molecule has 0 aliphatic carbocycles. The van der Waals surface area contributed by atoms with E-state index in [1.807, 2.05) is 78.9 Å². The second-order valence-electron chi connectivity index (χ2n) is 8.81. The monoisotopic (exact) mass is 523 g/mol. The first-order chi connectivity index (χ1) is 19.1. The normalized spacial score (nSPS) is 10.7. The number of carbonyl (C=O) groups excluding carboxylic acids is 1. The van der Waals surface area contributed by atoms with Crippen LogP contribution in [0.1, 0.15) is 21.5 Å². The van der Waals surface area contributed by atoms with Gasteiger partial charge in [0.15, 0.2) is 23.0 Å². The summed E-state index contributed by atoms with van der Waals surface area (Å²) in [7, 11) is 4.56. The van der Waals surface area contributed by atoms with Crippen LogP contribution >= 0.6 is 0 Å². The van der Waals surface area contributed by atoms with E-state index >= 15 is 0 Å². The number of fused-ring (bicyclic) bond motifs is 1. The van der Waals surface area contributed by atoms with Crippen LogP contribution in [0.25, 0.3) is 10.9 Å².